The number of rotatable bonds is 4. The Morgan fingerprint density at radius 1 is 1.32 bits per heavy atom. The van der Waals surface area contributed by atoms with Crippen LogP contribution in [0, 0.1) is 5.92 Å². The van der Waals surface area contributed by atoms with Gasteiger partial charge in [-0.3, -0.25) is 0 Å². The zero-order chi connectivity index (χ0) is 14.8. The third kappa shape index (κ3) is 10.2. The van der Waals surface area contributed by atoms with E-state index in [-0.39, 0.29) is 12.3 Å². The highest BCUT2D eigenvalue weighted by Gasteiger charge is 2.17. The third-order valence-corrected chi connectivity index (χ3v) is 2.60. The highest BCUT2D eigenvalue weighted by molar-refractivity contribution is 7.61. The Bertz CT molecular complexity index is 506. The van der Waals surface area contributed by atoms with Gasteiger partial charge in [-0.25, -0.2) is 4.79 Å². The topological polar surface area (TPSA) is 83.8 Å². The minimum atomic E-state index is -2.64. The Kier molecular flexibility index (Phi) is 8.82. The maximum absolute atomic E-state index is 10.4. The van der Waals surface area contributed by atoms with Gasteiger partial charge in [0.05, 0.1) is 0 Å². The van der Waals surface area contributed by atoms with Gasteiger partial charge in [-0.15, -0.1) is 0 Å². The van der Waals surface area contributed by atoms with Crippen LogP contribution >= 0.6 is 11.6 Å². The first-order chi connectivity index (χ1) is 8.82. The van der Waals surface area contributed by atoms with E-state index in [1.807, 2.05) is 30.3 Å². The maximum atomic E-state index is 10.4. The van der Waals surface area contributed by atoms with Crippen molar-refractivity contribution in [1.82, 2.24) is 0 Å². The molecule has 0 saturated heterocycles. The number of aliphatic carboxylic acids is 1. The number of carboxylic acid groups (broad SMARTS) is 1. The summed E-state index contributed by atoms with van der Waals surface area (Å²) >= 11 is 5.54. The summed E-state index contributed by atoms with van der Waals surface area (Å²) in [6.07, 6.45) is 0.239. The van der Waals surface area contributed by atoms with Crippen molar-refractivity contribution in [2.24, 2.45) is 10.3 Å². The number of carbonyl (C=O) groups is 1. The molecule has 0 heterocycles. The summed E-state index contributed by atoms with van der Waals surface area (Å²) in [6.45, 7) is 3.61. The molecule has 1 unspecified atom stereocenters. The smallest absolute Gasteiger partial charge is 0.329 e. The first-order valence-corrected chi connectivity index (χ1v) is 6.97. The van der Waals surface area contributed by atoms with Gasteiger partial charge in [0, 0.05) is 5.02 Å². The monoisotopic (exact) mass is 305 g/mol. The zero-order valence-corrected chi connectivity index (χ0v) is 12.2. The molecule has 0 amide bonds. The Labute approximate surface area is 118 Å². The zero-order valence-electron chi connectivity index (χ0n) is 10.7. The van der Waals surface area contributed by atoms with Gasteiger partial charge in [0.1, 0.15) is 0 Å². The molecule has 1 N–H and O–H groups in total. The minimum Gasteiger partial charge on any atom is -0.480 e. The molecule has 0 aromatic heterocycles. The molecule has 0 saturated carbocycles. The third-order valence-electron chi connectivity index (χ3n) is 1.93. The van der Waals surface area contributed by atoms with Crippen molar-refractivity contribution in [1.29, 1.82) is 0 Å². The predicted octanol–water partition coefficient (Wildman–Crippen LogP) is 2.89. The number of hydrogen-bond donors (Lipinski definition) is 1. The summed E-state index contributed by atoms with van der Waals surface area (Å²) in [6, 6.07) is 8.31. The van der Waals surface area contributed by atoms with Gasteiger partial charge < -0.3 is 5.11 Å². The minimum absolute atomic E-state index is 0.110. The quantitative estimate of drug-likeness (QED) is 0.927. The second-order valence-corrected chi connectivity index (χ2v) is 5.18. The lowest BCUT2D eigenvalue weighted by molar-refractivity contribution is -0.138. The number of benzene rings is 1. The summed E-state index contributed by atoms with van der Waals surface area (Å²) in [5.41, 5.74) is 0. The normalized spacial score (nSPS) is 11.2. The fourth-order valence-corrected chi connectivity index (χ4v) is 1.68. The fourth-order valence-electron chi connectivity index (χ4n) is 1.15. The summed E-state index contributed by atoms with van der Waals surface area (Å²) in [7, 11) is -2.64. The fraction of sp³-hybridized carbons (Fsp3) is 0.417. The van der Waals surface area contributed by atoms with Crippen molar-refractivity contribution in [2.45, 2.75) is 26.3 Å². The number of halogens is 1. The molecule has 0 radical (unpaired) electrons. The van der Waals surface area contributed by atoms with E-state index in [1.165, 1.54) is 0 Å². The highest BCUT2D eigenvalue weighted by atomic mass is 35.5. The van der Waals surface area contributed by atoms with Crippen LogP contribution in [-0.2, 0) is 15.3 Å². The second kappa shape index (κ2) is 9.52. The Morgan fingerprint density at radius 2 is 1.84 bits per heavy atom. The molecule has 1 aromatic carbocycles. The van der Waals surface area contributed by atoms with Gasteiger partial charge in [0.15, 0.2) is 6.04 Å². The van der Waals surface area contributed by atoms with E-state index in [0.717, 1.165) is 5.02 Å². The predicted molar refractivity (Wildman–Crippen MR) is 73.7 cm³/mol. The average Bonchev–Trinajstić information content (AvgIpc) is 2.28. The lowest BCUT2D eigenvalue weighted by Gasteiger charge is -2.06. The van der Waals surface area contributed by atoms with Crippen molar-refractivity contribution in [3.8, 4) is 0 Å². The van der Waals surface area contributed by atoms with E-state index in [0.29, 0.717) is 0 Å². The average molecular weight is 306 g/mol. The summed E-state index contributed by atoms with van der Waals surface area (Å²) in [5.74, 6) is -1.09. The second-order valence-electron chi connectivity index (χ2n) is 4.10. The standard InChI is InChI=1S/C6H5Cl.C6H11NO4S/c7-6-4-2-1-3-5-6;1-4(2)3-5(6(8)9)7-12(10)11/h1-5H;4-5H,3H2,1-2H3,(H,8,9). The molecule has 0 bridgehead atoms. The van der Waals surface area contributed by atoms with Crippen LogP contribution in [-0.4, -0.2) is 25.5 Å². The van der Waals surface area contributed by atoms with E-state index in [9.17, 15) is 13.2 Å². The van der Waals surface area contributed by atoms with E-state index < -0.39 is 22.5 Å². The van der Waals surface area contributed by atoms with Gasteiger partial charge in [-0.2, -0.15) is 12.8 Å². The molecule has 0 aliphatic heterocycles. The number of hydrogen-bond acceptors (Lipinski definition) is 4. The molecular formula is C12H16ClNO4S. The summed E-state index contributed by atoms with van der Waals surface area (Å²) in [5, 5.41) is 9.30. The lowest BCUT2D eigenvalue weighted by Crippen LogP contribution is -2.19. The van der Waals surface area contributed by atoms with Crippen molar-refractivity contribution < 1.29 is 18.3 Å². The van der Waals surface area contributed by atoms with Crippen molar-refractivity contribution >= 4 is 28.1 Å². The maximum Gasteiger partial charge on any atom is 0.329 e. The van der Waals surface area contributed by atoms with Crippen LogP contribution < -0.4 is 0 Å². The first kappa shape index (κ1) is 17.6. The molecular weight excluding hydrogens is 290 g/mol. The molecule has 0 fully saturated rings. The molecule has 19 heavy (non-hydrogen) atoms. The van der Waals surface area contributed by atoms with Crippen molar-refractivity contribution in [3.63, 3.8) is 0 Å². The molecule has 0 spiro atoms. The van der Waals surface area contributed by atoms with Crippen LogP contribution in [0.2, 0.25) is 5.02 Å². The van der Waals surface area contributed by atoms with E-state index in [2.05, 4.69) is 4.36 Å². The van der Waals surface area contributed by atoms with Gasteiger partial charge in [-0.05, 0) is 24.5 Å². The van der Waals surface area contributed by atoms with E-state index in [4.69, 9.17) is 16.7 Å². The van der Waals surface area contributed by atoms with Crippen LogP contribution in [0.4, 0.5) is 0 Å². The lowest BCUT2D eigenvalue weighted by atomic mass is 10.1. The molecule has 5 nitrogen and oxygen atoms in total. The van der Waals surface area contributed by atoms with Crippen LogP contribution in [0.15, 0.2) is 34.7 Å². The Morgan fingerprint density at radius 3 is 2.11 bits per heavy atom. The largest absolute Gasteiger partial charge is 0.480 e. The molecule has 7 heteroatoms. The highest BCUT2D eigenvalue weighted by Crippen LogP contribution is 2.07. The van der Waals surface area contributed by atoms with Crippen molar-refractivity contribution in [3.05, 3.63) is 35.4 Å². The van der Waals surface area contributed by atoms with Gasteiger partial charge in [-0.1, -0.05) is 43.6 Å². The van der Waals surface area contributed by atoms with E-state index >= 15 is 0 Å². The molecule has 1 rings (SSSR count). The van der Waals surface area contributed by atoms with Crippen LogP contribution in [0.25, 0.3) is 0 Å². The molecule has 1 aromatic rings. The van der Waals surface area contributed by atoms with Crippen LogP contribution in [0.3, 0.4) is 0 Å². The molecule has 1 atom stereocenters. The summed E-state index contributed by atoms with van der Waals surface area (Å²) < 4.78 is 23.2. The van der Waals surface area contributed by atoms with Crippen LogP contribution in [0.1, 0.15) is 20.3 Å². The Balaban J connectivity index is 0.000000388. The van der Waals surface area contributed by atoms with Gasteiger partial charge in [0.25, 0.3) is 0 Å². The molecule has 106 valence electrons. The van der Waals surface area contributed by atoms with E-state index in [1.54, 1.807) is 13.8 Å². The van der Waals surface area contributed by atoms with Crippen LogP contribution in [0.5, 0.6) is 0 Å². The number of carboxylic acids is 1. The summed E-state index contributed by atoms with van der Waals surface area (Å²) in [4.78, 5) is 10.4. The number of nitrogens with zero attached hydrogens (tertiary/aromatic N) is 1. The van der Waals surface area contributed by atoms with Gasteiger partial charge >= 0.3 is 16.5 Å². The molecule has 0 aliphatic rings. The SMILES string of the molecule is CC(C)CC(N=S(=O)=O)C(=O)O.Clc1ccccc1. The van der Waals surface area contributed by atoms with Crippen molar-refractivity contribution in [2.75, 3.05) is 0 Å². The first-order valence-electron chi connectivity index (χ1n) is 5.56. The Hall–Kier alpha value is -1.40. The molecule has 0 aliphatic carbocycles. The van der Waals surface area contributed by atoms with Gasteiger partial charge in [0.2, 0.25) is 0 Å².